The van der Waals surface area contributed by atoms with Gasteiger partial charge in [-0.3, -0.25) is 10.1 Å². The molecule has 28 heavy (non-hydrogen) atoms. The van der Waals surface area contributed by atoms with Gasteiger partial charge < -0.3 is 9.30 Å². The van der Waals surface area contributed by atoms with Crippen LogP contribution in [0.3, 0.4) is 0 Å². The molecule has 0 N–H and O–H groups in total. The third-order valence-electron chi connectivity index (χ3n) is 4.04. The van der Waals surface area contributed by atoms with Gasteiger partial charge in [0.1, 0.15) is 6.61 Å². The van der Waals surface area contributed by atoms with E-state index < -0.39 is 10.9 Å². The van der Waals surface area contributed by atoms with Gasteiger partial charge in [0.15, 0.2) is 0 Å². The van der Waals surface area contributed by atoms with Crippen molar-refractivity contribution >= 4 is 33.9 Å². The summed E-state index contributed by atoms with van der Waals surface area (Å²) in [6, 6.07) is 13.4. The number of hydrogen-bond acceptors (Lipinski definition) is 6. The van der Waals surface area contributed by atoms with Crippen LogP contribution in [0.25, 0.3) is 10.9 Å². The number of aromatic nitrogens is 1. The van der Waals surface area contributed by atoms with Crippen LogP contribution in [-0.4, -0.2) is 22.1 Å². The SMILES string of the molecule is C=C(C)C(=O)OCCn1ccc2c(N=Nc3ccc([N+](=O)[O-])cc3)cccc21. The van der Waals surface area contributed by atoms with E-state index in [2.05, 4.69) is 16.8 Å². The summed E-state index contributed by atoms with van der Waals surface area (Å²) in [5.74, 6) is -0.408. The highest BCUT2D eigenvalue weighted by Crippen LogP contribution is 2.29. The summed E-state index contributed by atoms with van der Waals surface area (Å²) >= 11 is 0. The normalized spacial score (nSPS) is 11.0. The highest BCUT2D eigenvalue weighted by Gasteiger charge is 2.08. The number of rotatable bonds is 7. The number of benzene rings is 2. The molecular formula is C20H18N4O4. The van der Waals surface area contributed by atoms with Crippen molar-refractivity contribution in [2.24, 2.45) is 10.2 Å². The molecular weight excluding hydrogens is 360 g/mol. The molecule has 0 bridgehead atoms. The van der Waals surface area contributed by atoms with E-state index in [-0.39, 0.29) is 12.3 Å². The third kappa shape index (κ3) is 4.29. The van der Waals surface area contributed by atoms with Crippen molar-refractivity contribution in [3.8, 4) is 0 Å². The molecule has 142 valence electrons. The van der Waals surface area contributed by atoms with Gasteiger partial charge in [-0.15, -0.1) is 5.11 Å². The molecule has 0 aliphatic carbocycles. The smallest absolute Gasteiger partial charge is 0.333 e. The zero-order chi connectivity index (χ0) is 20.1. The molecule has 0 aliphatic rings. The van der Waals surface area contributed by atoms with Crippen molar-refractivity contribution in [1.82, 2.24) is 4.57 Å². The highest BCUT2D eigenvalue weighted by molar-refractivity contribution is 5.91. The van der Waals surface area contributed by atoms with Gasteiger partial charge in [-0.25, -0.2) is 4.79 Å². The first-order valence-corrected chi connectivity index (χ1v) is 8.52. The Hall–Kier alpha value is -3.81. The molecule has 0 saturated carbocycles. The van der Waals surface area contributed by atoms with Crippen molar-refractivity contribution in [1.29, 1.82) is 0 Å². The standard InChI is InChI=1S/C20H18N4O4/c1-14(2)20(25)28-13-12-23-11-10-17-18(4-3-5-19(17)23)22-21-15-6-8-16(9-7-15)24(26)27/h3-11H,1,12-13H2,2H3. The predicted molar refractivity (Wildman–Crippen MR) is 105 cm³/mol. The molecule has 0 amide bonds. The maximum absolute atomic E-state index is 11.5. The largest absolute Gasteiger partial charge is 0.460 e. The Morgan fingerprint density at radius 1 is 1.18 bits per heavy atom. The molecule has 0 unspecified atom stereocenters. The average Bonchev–Trinajstić information content (AvgIpc) is 3.10. The van der Waals surface area contributed by atoms with Crippen LogP contribution in [0.4, 0.5) is 17.1 Å². The van der Waals surface area contributed by atoms with Crippen LogP contribution in [0.5, 0.6) is 0 Å². The minimum Gasteiger partial charge on any atom is -0.460 e. The lowest BCUT2D eigenvalue weighted by atomic mass is 10.2. The summed E-state index contributed by atoms with van der Waals surface area (Å²) in [6.07, 6.45) is 1.89. The molecule has 1 aromatic heterocycles. The lowest BCUT2D eigenvalue weighted by molar-refractivity contribution is -0.384. The molecule has 8 nitrogen and oxygen atoms in total. The molecule has 0 aliphatic heterocycles. The van der Waals surface area contributed by atoms with Gasteiger partial charge in [0.2, 0.25) is 0 Å². The van der Waals surface area contributed by atoms with E-state index in [1.54, 1.807) is 19.1 Å². The number of azo groups is 1. The van der Waals surface area contributed by atoms with Crippen molar-refractivity contribution in [3.05, 3.63) is 77.0 Å². The van der Waals surface area contributed by atoms with Crippen LogP contribution in [-0.2, 0) is 16.1 Å². The zero-order valence-corrected chi connectivity index (χ0v) is 15.2. The molecule has 0 radical (unpaired) electrons. The minimum atomic E-state index is -0.460. The van der Waals surface area contributed by atoms with Gasteiger partial charge in [0.05, 0.1) is 28.4 Å². The zero-order valence-electron chi connectivity index (χ0n) is 15.2. The van der Waals surface area contributed by atoms with Gasteiger partial charge in [0.25, 0.3) is 5.69 Å². The Balaban J connectivity index is 1.76. The summed E-state index contributed by atoms with van der Waals surface area (Å²) in [5.41, 5.74) is 2.51. The van der Waals surface area contributed by atoms with E-state index in [1.807, 2.05) is 35.0 Å². The van der Waals surface area contributed by atoms with Crippen molar-refractivity contribution in [2.75, 3.05) is 6.61 Å². The maximum Gasteiger partial charge on any atom is 0.333 e. The predicted octanol–water partition coefficient (Wildman–Crippen LogP) is 5.08. The Bertz CT molecular complexity index is 1070. The Kier molecular flexibility index (Phi) is 5.59. The van der Waals surface area contributed by atoms with Gasteiger partial charge in [-0.05, 0) is 37.3 Å². The van der Waals surface area contributed by atoms with Gasteiger partial charge in [0, 0.05) is 29.3 Å². The van der Waals surface area contributed by atoms with Crippen LogP contribution in [0, 0.1) is 10.1 Å². The first kappa shape index (κ1) is 19.0. The monoisotopic (exact) mass is 378 g/mol. The lowest BCUT2D eigenvalue weighted by Gasteiger charge is -2.07. The van der Waals surface area contributed by atoms with E-state index in [0.29, 0.717) is 23.5 Å². The van der Waals surface area contributed by atoms with Crippen molar-refractivity contribution in [3.63, 3.8) is 0 Å². The van der Waals surface area contributed by atoms with Crippen molar-refractivity contribution < 1.29 is 14.5 Å². The first-order chi connectivity index (χ1) is 13.5. The first-order valence-electron chi connectivity index (χ1n) is 8.52. The van der Waals surface area contributed by atoms with Gasteiger partial charge in [-0.1, -0.05) is 12.6 Å². The van der Waals surface area contributed by atoms with Gasteiger partial charge >= 0.3 is 5.97 Å². The quantitative estimate of drug-likeness (QED) is 0.188. The second-order valence-electron chi connectivity index (χ2n) is 6.11. The van der Waals surface area contributed by atoms with Gasteiger partial charge in [-0.2, -0.15) is 5.11 Å². The highest BCUT2D eigenvalue weighted by atomic mass is 16.6. The average molecular weight is 378 g/mol. The molecule has 0 saturated heterocycles. The fraction of sp³-hybridized carbons (Fsp3) is 0.150. The molecule has 3 rings (SSSR count). The molecule has 2 aromatic carbocycles. The van der Waals surface area contributed by atoms with E-state index in [1.165, 1.54) is 12.1 Å². The molecule has 3 aromatic rings. The van der Waals surface area contributed by atoms with Crippen LogP contribution in [0.2, 0.25) is 0 Å². The van der Waals surface area contributed by atoms with Crippen LogP contribution in [0.1, 0.15) is 6.92 Å². The number of carbonyl (C=O) groups is 1. The minimum absolute atomic E-state index is 0.00507. The Morgan fingerprint density at radius 2 is 1.93 bits per heavy atom. The Labute approximate surface area is 160 Å². The number of carbonyl (C=O) groups excluding carboxylic acids is 1. The lowest BCUT2D eigenvalue weighted by Crippen LogP contribution is -2.11. The summed E-state index contributed by atoms with van der Waals surface area (Å²) in [5, 5.41) is 20.0. The number of nitrogens with zero attached hydrogens (tertiary/aromatic N) is 4. The van der Waals surface area contributed by atoms with E-state index in [4.69, 9.17) is 4.74 Å². The number of non-ortho nitro benzene ring substituents is 1. The molecule has 8 heteroatoms. The van der Waals surface area contributed by atoms with Crippen LogP contribution in [0.15, 0.2) is 77.1 Å². The number of nitro benzene ring substituents is 1. The topological polar surface area (TPSA) is 99.1 Å². The van der Waals surface area contributed by atoms with Crippen LogP contribution >= 0.6 is 0 Å². The number of nitro groups is 1. The van der Waals surface area contributed by atoms with E-state index >= 15 is 0 Å². The fourth-order valence-corrected chi connectivity index (χ4v) is 2.60. The number of ether oxygens (including phenoxy) is 1. The summed E-state index contributed by atoms with van der Waals surface area (Å²) in [4.78, 5) is 21.7. The molecule has 1 heterocycles. The molecule has 0 spiro atoms. The second-order valence-corrected chi connectivity index (χ2v) is 6.11. The molecule has 0 fully saturated rings. The van der Waals surface area contributed by atoms with E-state index in [9.17, 15) is 14.9 Å². The summed E-state index contributed by atoms with van der Waals surface area (Å²) in [6.45, 7) is 5.91. The number of esters is 1. The Morgan fingerprint density at radius 3 is 2.61 bits per heavy atom. The third-order valence-corrected chi connectivity index (χ3v) is 4.04. The fourth-order valence-electron chi connectivity index (χ4n) is 2.60. The van der Waals surface area contributed by atoms with E-state index in [0.717, 1.165) is 10.9 Å². The number of hydrogen-bond donors (Lipinski definition) is 0. The summed E-state index contributed by atoms with van der Waals surface area (Å²) < 4.78 is 7.10. The maximum atomic E-state index is 11.5. The second kappa shape index (κ2) is 8.26. The summed E-state index contributed by atoms with van der Waals surface area (Å²) in [7, 11) is 0. The molecule has 0 atom stereocenters. The van der Waals surface area contributed by atoms with Crippen molar-refractivity contribution in [2.45, 2.75) is 13.5 Å². The number of fused-ring (bicyclic) bond motifs is 1. The van der Waals surface area contributed by atoms with Crippen LogP contribution < -0.4 is 0 Å².